The number of hydrogen-bond acceptors (Lipinski definition) is 0. The smallest absolute Gasteiger partial charge is 0.0640 e. The van der Waals surface area contributed by atoms with E-state index in [2.05, 4.69) is 128 Å². The number of hydrogen-bond donors (Lipinski definition) is 0. The van der Waals surface area contributed by atoms with Crippen molar-refractivity contribution in [3.05, 3.63) is 127 Å². The highest BCUT2D eigenvalue weighted by Gasteiger charge is 2.43. The van der Waals surface area contributed by atoms with Crippen LogP contribution in [0.1, 0.15) is 18.9 Å². The van der Waals surface area contributed by atoms with E-state index in [1.54, 1.807) is 0 Å². The van der Waals surface area contributed by atoms with Crippen molar-refractivity contribution >= 4 is 23.6 Å². The monoisotopic (exact) mass is 392 g/mol. The van der Waals surface area contributed by atoms with E-state index < -0.39 is 8.07 Å². The summed E-state index contributed by atoms with van der Waals surface area (Å²) in [6.45, 7) is 2.47. The molecule has 0 nitrogen and oxygen atoms in total. The van der Waals surface area contributed by atoms with Crippen LogP contribution in [-0.2, 0) is 6.42 Å². The molecule has 0 saturated carbocycles. The number of aryl methyl sites for hydroxylation is 1. The summed E-state index contributed by atoms with van der Waals surface area (Å²) < 4.78 is 0. The maximum atomic E-state index is 2.47. The summed E-state index contributed by atoms with van der Waals surface area (Å²) in [4.78, 5) is 0. The zero-order valence-electron chi connectivity index (χ0n) is 17.0. The van der Waals surface area contributed by atoms with E-state index in [-0.39, 0.29) is 0 Å². The van der Waals surface area contributed by atoms with Crippen molar-refractivity contribution in [1.29, 1.82) is 0 Å². The molecule has 0 aliphatic heterocycles. The first-order valence-electron chi connectivity index (χ1n) is 10.5. The van der Waals surface area contributed by atoms with Gasteiger partial charge in [0, 0.05) is 0 Å². The zero-order chi connectivity index (χ0) is 19.9. The molecule has 0 bridgehead atoms. The first kappa shape index (κ1) is 19.4. The Hall–Kier alpha value is -2.90. The Morgan fingerprint density at radius 3 is 1.24 bits per heavy atom. The van der Waals surface area contributed by atoms with Gasteiger partial charge in [-0.05, 0) is 39.5 Å². The van der Waals surface area contributed by atoms with Gasteiger partial charge < -0.3 is 0 Å². The number of rotatable bonds is 7. The highest BCUT2D eigenvalue weighted by atomic mass is 28.3. The Balaban J connectivity index is 1.85. The summed E-state index contributed by atoms with van der Waals surface area (Å²) in [5.74, 6) is 0. The van der Waals surface area contributed by atoms with Crippen LogP contribution in [0.4, 0.5) is 0 Å². The molecule has 4 aromatic rings. The molecule has 1 heteroatoms. The molecular weight excluding hydrogens is 364 g/mol. The molecule has 0 amide bonds. The Morgan fingerprint density at radius 2 is 0.862 bits per heavy atom. The van der Waals surface area contributed by atoms with E-state index in [4.69, 9.17) is 0 Å². The first-order valence-corrected chi connectivity index (χ1v) is 12.6. The maximum absolute atomic E-state index is 2.47. The van der Waals surface area contributed by atoms with Gasteiger partial charge in [0.15, 0.2) is 8.07 Å². The molecular formula is C28H28Si. The fraction of sp³-hybridized carbons (Fsp3) is 0.143. The lowest BCUT2D eigenvalue weighted by atomic mass is 10.1. The van der Waals surface area contributed by atoms with Crippen LogP contribution in [0.15, 0.2) is 121 Å². The molecule has 0 saturated heterocycles. The van der Waals surface area contributed by atoms with E-state index in [0.29, 0.717) is 5.54 Å². The van der Waals surface area contributed by atoms with Crippen LogP contribution < -0.4 is 15.6 Å². The van der Waals surface area contributed by atoms with Crippen molar-refractivity contribution in [3.8, 4) is 0 Å². The minimum atomic E-state index is -2.18. The van der Waals surface area contributed by atoms with Gasteiger partial charge in [0.1, 0.15) is 0 Å². The quantitative estimate of drug-likeness (QED) is 0.300. The van der Waals surface area contributed by atoms with Gasteiger partial charge in [0.05, 0.1) is 0 Å². The van der Waals surface area contributed by atoms with Crippen molar-refractivity contribution < 1.29 is 0 Å². The summed E-state index contributed by atoms with van der Waals surface area (Å²) >= 11 is 0. The van der Waals surface area contributed by atoms with Gasteiger partial charge in [-0.2, -0.15) is 0 Å². The van der Waals surface area contributed by atoms with Crippen molar-refractivity contribution in [1.82, 2.24) is 0 Å². The van der Waals surface area contributed by atoms with Crippen molar-refractivity contribution in [2.45, 2.75) is 25.3 Å². The molecule has 0 spiro atoms. The van der Waals surface area contributed by atoms with Gasteiger partial charge >= 0.3 is 0 Å². The molecule has 0 radical (unpaired) electrons. The second-order valence-corrected chi connectivity index (χ2v) is 12.2. The van der Waals surface area contributed by atoms with Crippen LogP contribution in [0.25, 0.3) is 0 Å². The van der Waals surface area contributed by atoms with Crippen LogP contribution in [0, 0.1) is 0 Å². The summed E-state index contributed by atoms with van der Waals surface area (Å²) in [5.41, 5.74) is 1.99. The molecule has 0 fully saturated rings. The SMILES string of the molecule is CC(CCc1ccccc1)[Si](c1ccccc1)(c1ccccc1)c1ccccc1. The van der Waals surface area contributed by atoms with Crippen LogP contribution in [-0.4, -0.2) is 8.07 Å². The molecule has 144 valence electrons. The molecule has 0 aliphatic carbocycles. The molecule has 4 rings (SSSR count). The molecule has 0 N–H and O–H groups in total. The third kappa shape index (κ3) is 3.97. The number of benzene rings is 4. The molecule has 1 atom stereocenters. The van der Waals surface area contributed by atoms with Crippen LogP contribution >= 0.6 is 0 Å². The van der Waals surface area contributed by atoms with Crippen LogP contribution in [0.5, 0.6) is 0 Å². The van der Waals surface area contributed by atoms with E-state index in [0.717, 1.165) is 6.42 Å². The summed E-state index contributed by atoms with van der Waals surface area (Å²) in [5, 5.41) is 4.49. The summed E-state index contributed by atoms with van der Waals surface area (Å²) in [7, 11) is -2.18. The second kappa shape index (κ2) is 9.06. The zero-order valence-corrected chi connectivity index (χ0v) is 18.0. The van der Waals surface area contributed by atoms with Crippen molar-refractivity contribution in [3.63, 3.8) is 0 Å². The topological polar surface area (TPSA) is 0 Å². The maximum Gasteiger partial charge on any atom is 0.151 e. The van der Waals surface area contributed by atoms with Gasteiger partial charge in [-0.25, -0.2) is 0 Å². The largest absolute Gasteiger partial charge is 0.151 e. The van der Waals surface area contributed by atoms with Crippen molar-refractivity contribution in [2.75, 3.05) is 0 Å². The van der Waals surface area contributed by atoms with Gasteiger partial charge in [-0.15, -0.1) is 0 Å². The van der Waals surface area contributed by atoms with Crippen LogP contribution in [0.2, 0.25) is 5.54 Å². The molecule has 29 heavy (non-hydrogen) atoms. The first-order chi connectivity index (χ1) is 14.3. The average molecular weight is 393 g/mol. The minimum Gasteiger partial charge on any atom is -0.0640 e. The van der Waals surface area contributed by atoms with Gasteiger partial charge in [0.2, 0.25) is 0 Å². The van der Waals surface area contributed by atoms with E-state index in [1.165, 1.54) is 27.5 Å². The highest BCUT2D eigenvalue weighted by Crippen LogP contribution is 2.27. The van der Waals surface area contributed by atoms with Gasteiger partial charge in [-0.3, -0.25) is 0 Å². The molecule has 0 aromatic heterocycles. The van der Waals surface area contributed by atoms with Crippen molar-refractivity contribution in [2.24, 2.45) is 0 Å². The Bertz CT molecular complexity index is 898. The summed E-state index contributed by atoms with van der Waals surface area (Å²) in [6, 6.07) is 44.6. The van der Waals surface area contributed by atoms with E-state index >= 15 is 0 Å². The highest BCUT2D eigenvalue weighted by molar-refractivity contribution is 7.12. The second-order valence-electron chi connectivity index (χ2n) is 7.83. The lowest BCUT2D eigenvalue weighted by molar-refractivity contribution is 0.776. The lowest BCUT2D eigenvalue weighted by Crippen LogP contribution is -2.69. The molecule has 1 unspecified atom stereocenters. The fourth-order valence-electron chi connectivity index (χ4n) is 4.70. The molecule has 4 aromatic carbocycles. The molecule has 0 aliphatic rings. The molecule has 0 heterocycles. The Labute approximate surface area is 175 Å². The third-order valence-electron chi connectivity index (χ3n) is 6.14. The van der Waals surface area contributed by atoms with Crippen LogP contribution in [0.3, 0.4) is 0 Å². The van der Waals surface area contributed by atoms with E-state index in [1.807, 2.05) is 0 Å². The fourth-order valence-corrected chi connectivity index (χ4v) is 10.1. The predicted octanol–water partition coefficient (Wildman–Crippen LogP) is 5.18. The summed E-state index contributed by atoms with van der Waals surface area (Å²) in [6.07, 6.45) is 2.29. The lowest BCUT2D eigenvalue weighted by Gasteiger charge is -2.39. The Morgan fingerprint density at radius 1 is 0.517 bits per heavy atom. The van der Waals surface area contributed by atoms with E-state index in [9.17, 15) is 0 Å². The minimum absolute atomic E-state index is 0.565. The van der Waals surface area contributed by atoms with Gasteiger partial charge in [0.25, 0.3) is 0 Å². The third-order valence-corrected chi connectivity index (χ3v) is 11.6. The standard InChI is InChI=1S/C28H28Si/c1-24(22-23-25-14-6-2-7-15-25)29(26-16-8-3-9-17-26,27-18-10-4-11-19-27)28-20-12-5-13-21-28/h2-21,24H,22-23H2,1H3. The van der Waals surface area contributed by atoms with Gasteiger partial charge in [-0.1, -0.05) is 128 Å². The Kier molecular flexibility index (Phi) is 6.07. The normalized spacial score (nSPS) is 12.4. The average Bonchev–Trinajstić information content (AvgIpc) is 2.81. The predicted molar refractivity (Wildman–Crippen MR) is 128 cm³/mol.